The number of ether oxygens (including phenoxy) is 2. The molecule has 2 aromatic carbocycles. The monoisotopic (exact) mass is 739 g/mol. The first-order valence-electron chi connectivity index (χ1n) is 16.4. The van der Waals surface area contributed by atoms with E-state index in [1.165, 1.54) is 9.79 Å². The van der Waals surface area contributed by atoms with Crippen molar-refractivity contribution in [2.75, 3.05) is 52.4 Å². The van der Waals surface area contributed by atoms with Crippen LogP contribution in [0.5, 0.6) is 0 Å². The summed E-state index contributed by atoms with van der Waals surface area (Å²) in [6.07, 6.45) is 7.34. The summed E-state index contributed by atoms with van der Waals surface area (Å²) in [6, 6.07) is 16.6. The van der Waals surface area contributed by atoms with Crippen molar-refractivity contribution in [3.63, 3.8) is 0 Å². The third-order valence-corrected chi connectivity index (χ3v) is 10.1. The number of aldehydes is 1. The quantitative estimate of drug-likeness (QED) is 0.259. The molecule has 13 heteroatoms. The first kappa shape index (κ1) is 48.3. The molecule has 2 N–H and O–H groups in total. The maximum atomic E-state index is 12.2. The minimum Gasteiger partial charge on any atom is -1.00 e. The van der Waals surface area contributed by atoms with Gasteiger partial charge >= 0.3 is 41.7 Å². The van der Waals surface area contributed by atoms with E-state index in [1.807, 2.05) is 72.1 Å². The number of aliphatic hydroxyl groups excluding tert-OH is 2. The summed E-state index contributed by atoms with van der Waals surface area (Å²) in [5.74, 6) is 0. The van der Waals surface area contributed by atoms with Crippen LogP contribution < -0.4 is 29.6 Å². The number of piperidine rings is 2. The van der Waals surface area contributed by atoms with Crippen LogP contribution in [-0.4, -0.2) is 111 Å². The van der Waals surface area contributed by atoms with E-state index in [9.17, 15) is 19.5 Å². The van der Waals surface area contributed by atoms with Crippen LogP contribution in [0.25, 0.3) is 0 Å². The molecule has 0 spiro atoms. The van der Waals surface area contributed by atoms with Crippen molar-refractivity contribution in [1.82, 2.24) is 9.80 Å². The maximum Gasteiger partial charge on any atom is 1.00 e. The van der Waals surface area contributed by atoms with Gasteiger partial charge in [0.05, 0.1) is 12.0 Å². The molecule has 0 aliphatic carbocycles. The average molecular weight is 740 g/mol. The number of carbonyl (C=O) groups is 3. The van der Waals surface area contributed by atoms with Gasteiger partial charge in [-0.2, -0.15) is 0 Å². The largest absolute Gasteiger partial charge is 1.00 e. The molecule has 0 atom stereocenters. The molecule has 9 nitrogen and oxygen atoms in total. The van der Waals surface area contributed by atoms with E-state index >= 15 is 0 Å². The third-order valence-electron chi connectivity index (χ3n) is 8.58. The van der Waals surface area contributed by atoms with Gasteiger partial charge in [0.25, 0.3) is 0 Å². The van der Waals surface area contributed by atoms with Gasteiger partial charge < -0.3 is 35.7 Å². The van der Waals surface area contributed by atoms with Crippen molar-refractivity contribution in [3.05, 3.63) is 59.7 Å². The first-order chi connectivity index (χ1) is 22.6. The van der Waals surface area contributed by atoms with Crippen LogP contribution in [0.1, 0.15) is 79.8 Å². The summed E-state index contributed by atoms with van der Waals surface area (Å²) < 4.78 is 10.8. The second kappa shape index (κ2) is 21.8. The molecule has 2 saturated heterocycles. The molecule has 2 aliphatic rings. The van der Waals surface area contributed by atoms with E-state index < -0.39 is 16.6 Å². The SMILES string of the molecule is CO.CSc1ccc(C2(C=O)CCN(C(=O)OC(C)(C)C)CC2)cc1.CSc1ccc(C2(CO)CCN(C(=O)OC(C)(C)C)CC2)cc1.[B].[H-].[Na+]. The zero-order valence-corrected chi connectivity index (χ0v) is 35.4. The number of aliphatic hydroxyl groups is 2. The Morgan fingerprint density at radius 1 is 0.740 bits per heavy atom. The Labute approximate surface area is 334 Å². The zero-order chi connectivity index (χ0) is 36.2. The first-order valence-corrected chi connectivity index (χ1v) is 18.8. The van der Waals surface area contributed by atoms with Gasteiger partial charge in [0.15, 0.2) is 0 Å². The Morgan fingerprint density at radius 2 is 1.08 bits per heavy atom. The summed E-state index contributed by atoms with van der Waals surface area (Å²) in [6.45, 7) is 13.6. The van der Waals surface area contributed by atoms with Gasteiger partial charge in [-0.15, -0.1) is 23.5 Å². The van der Waals surface area contributed by atoms with Crippen LogP contribution in [0.3, 0.4) is 0 Å². The number of carbonyl (C=O) groups excluding carboxylic acids is 3. The molecule has 0 saturated carbocycles. The van der Waals surface area contributed by atoms with Gasteiger partial charge in [0, 0.05) is 56.9 Å². The standard InChI is InChI=1S/C18H27NO3S.C18H25NO3S.CH4O.B.Na.H/c2*1-17(2,3)22-16(21)19-11-9-18(13-20,10-12-19)14-5-7-15(23-4)8-6-14;1-2;;;/h5-8,20H,9-13H2,1-4H3;5-8,13H,9-12H2,1-4H3;2H,1H3;;;/q;;;;+1;-1. The molecule has 0 aromatic heterocycles. The van der Waals surface area contributed by atoms with Crippen LogP contribution >= 0.6 is 23.5 Å². The molecule has 4 rings (SSSR count). The Bertz CT molecular complexity index is 1310. The third kappa shape index (κ3) is 14.0. The van der Waals surface area contributed by atoms with E-state index in [1.54, 1.807) is 33.3 Å². The molecule has 2 amide bonds. The molecule has 2 heterocycles. The number of rotatable bonds is 6. The van der Waals surface area contributed by atoms with E-state index in [2.05, 4.69) is 30.5 Å². The Morgan fingerprint density at radius 3 is 1.38 bits per heavy atom. The van der Waals surface area contributed by atoms with Gasteiger partial charge in [0.2, 0.25) is 0 Å². The molecule has 0 bridgehead atoms. The van der Waals surface area contributed by atoms with Gasteiger partial charge in [0.1, 0.15) is 17.5 Å². The molecule has 0 unspecified atom stereocenters. The number of amides is 2. The minimum absolute atomic E-state index is 0. The fourth-order valence-electron chi connectivity index (χ4n) is 5.74. The van der Waals surface area contributed by atoms with Crippen molar-refractivity contribution in [2.45, 2.75) is 99.0 Å². The summed E-state index contributed by atoms with van der Waals surface area (Å²) in [4.78, 5) is 42.0. The van der Waals surface area contributed by atoms with Gasteiger partial charge in [-0.1, -0.05) is 24.3 Å². The summed E-state index contributed by atoms with van der Waals surface area (Å²) in [5, 5.41) is 17.0. The molecule has 273 valence electrons. The van der Waals surface area contributed by atoms with E-state index in [4.69, 9.17) is 14.6 Å². The summed E-state index contributed by atoms with van der Waals surface area (Å²) in [5.41, 5.74) is 0.473. The van der Waals surface area contributed by atoms with Crippen molar-refractivity contribution in [3.8, 4) is 0 Å². The van der Waals surface area contributed by atoms with Crippen LogP contribution in [0.4, 0.5) is 9.59 Å². The second-order valence-electron chi connectivity index (χ2n) is 14.1. The zero-order valence-electron chi connectivity index (χ0n) is 32.8. The summed E-state index contributed by atoms with van der Waals surface area (Å²) >= 11 is 3.39. The van der Waals surface area contributed by atoms with Gasteiger partial charge in [-0.25, -0.2) is 9.59 Å². The van der Waals surface area contributed by atoms with Crippen molar-refractivity contribution in [2.24, 2.45) is 0 Å². The number of hydrogen-bond acceptors (Lipinski definition) is 9. The van der Waals surface area contributed by atoms with Crippen molar-refractivity contribution >= 4 is 50.4 Å². The van der Waals surface area contributed by atoms with Gasteiger partial charge in [-0.05, 0) is 115 Å². The summed E-state index contributed by atoms with van der Waals surface area (Å²) in [7, 11) is 1.00. The van der Waals surface area contributed by atoms with Gasteiger partial charge in [-0.3, -0.25) is 0 Å². The smallest absolute Gasteiger partial charge is 1.00 e. The number of hydrogen-bond donors (Lipinski definition) is 2. The molecule has 2 aliphatic heterocycles. The number of likely N-dealkylation sites (tertiary alicyclic amines) is 2. The van der Waals surface area contributed by atoms with Crippen LogP contribution in [0.15, 0.2) is 58.3 Å². The Kier molecular flexibility index (Phi) is 21.0. The molecule has 3 radical (unpaired) electrons. The topological polar surface area (TPSA) is 117 Å². The minimum atomic E-state index is -0.496. The number of nitrogens with zero attached hydrogens (tertiary/aromatic N) is 2. The van der Waals surface area contributed by atoms with E-state index in [-0.39, 0.29) is 63.6 Å². The molecule has 2 fully saturated rings. The molecule has 50 heavy (non-hydrogen) atoms. The fraction of sp³-hybridized carbons (Fsp3) is 0.595. The Balaban J connectivity index is 0. The molecular weight excluding hydrogens is 682 g/mol. The molecular formula is C37H57BN2NaO7S2. The van der Waals surface area contributed by atoms with Crippen LogP contribution in [-0.2, 0) is 25.1 Å². The maximum absolute atomic E-state index is 12.2. The number of thioether (sulfide) groups is 2. The average Bonchev–Trinajstić information content (AvgIpc) is 3.08. The van der Waals surface area contributed by atoms with Crippen molar-refractivity contribution < 1.29 is 65.1 Å². The van der Waals surface area contributed by atoms with E-state index in [0.29, 0.717) is 39.0 Å². The molecule has 2 aromatic rings. The number of benzene rings is 2. The van der Waals surface area contributed by atoms with Crippen LogP contribution in [0, 0.1) is 0 Å². The predicted octanol–water partition coefficient (Wildman–Crippen LogP) is 3.89. The van der Waals surface area contributed by atoms with Crippen molar-refractivity contribution in [1.29, 1.82) is 0 Å². The normalized spacial score (nSPS) is 16.5. The predicted molar refractivity (Wildman–Crippen MR) is 202 cm³/mol. The van der Waals surface area contributed by atoms with Crippen LogP contribution in [0.2, 0.25) is 0 Å². The van der Waals surface area contributed by atoms with E-state index in [0.717, 1.165) is 37.4 Å². The second-order valence-corrected chi connectivity index (χ2v) is 15.9. The fourth-order valence-corrected chi connectivity index (χ4v) is 6.56. The Hall–Kier alpha value is -1.67.